The van der Waals surface area contributed by atoms with Gasteiger partial charge >= 0.3 is 0 Å². The first-order valence-electron chi connectivity index (χ1n) is 15.2. The van der Waals surface area contributed by atoms with Gasteiger partial charge in [0.15, 0.2) is 0 Å². The smallest absolute Gasteiger partial charge is 0.264 e. The van der Waals surface area contributed by atoms with Gasteiger partial charge in [-0.1, -0.05) is 56.0 Å². The van der Waals surface area contributed by atoms with Crippen LogP contribution in [0.2, 0.25) is 0 Å². The molecule has 2 amide bonds. The average molecular weight is 640 g/mol. The zero-order chi connectivity index (χ0) is 32.6. The van der Waals surface area contributed by atoms with E-state index in [9.17, 15) is 22.4 Å². The van der Waals surface area contributed by atoms with E-state index in [1.54, 1.807) is 36.4 Å². The van der Waals surface area contributed by atoms with Crippen molar-refractivity contribution in [2.24, 2.45) is 0 Å². The van der Waals surface area contributed by atoms with Crippen LogP contribution >= 0.6 is 0 Å². The number of carbonyl (C=O) groups is 2. The van der Waals surface area contributed by atoms with Crippen LogP contribution < -0.4 is 19.1 Å². The largest absolute Gasteiger partial charge is 0.497 e. The molecule has 1 atom stereocenters. The van der Waals surface area contributed by atoms with E-state index < -0.39 is 34.3 Å². The summed E-state index contributed by atoms with van der Waals surface area (Å²) < 4.78 is 54.1. The molecule has 0 bridgehead atoms. The number of halogens is 1. The molecule has 242 valence electrons. The van der Waals surface area contributed by atoms with Gasteiger partial charge in [-0.3, -0.25) is 13.9 Å². The van der Waals surface area contributed by atoms with E-state index in [2.05, 4.69) is 5.32 Å². The van der Waals surface area contributed by atoms with Crippen molar-refractivity contribution in [1.82, 2.24) is 10.2 Å². The fourth-order valence-corrected chi connectivity index (χ4v) is 7.01. The summed E-state index contributed by atoms with van der Waals surface area (Å²) in [5, 5.41) is 3.12. The highest BCUT2D eigenvalue weighted by Gasteiger charge is 2.35. The topological polar surface area (TPSA) is 105 Å². The Hall–Kier alpha value is -4.12. The molecular weight excluding hydrogens is 597 g/mol. The summed E-state index contributed by atoms with van der Waals surface area (Å²) in [6.45, 7) is 3.00. The van der Waals surface area contributed by atoms with Gasteiger partial charge in [-0.15, -0.1) is 0 Å². The second-order valence-electron chi connectivity index (χ2n) is 11.3. The van der Waals surface area contributed by atoms with Gasteiger partial charge in [-0.05, 0) is 68.1 Å². The molecule has 0 aromatic heterocycles. The van der Waals surface area contributed by atoms with Crippen LogP contribution in [0.25, 0.3) is 0 Å². The van der Waals surface area contributed by atoms with Gasteiger partial charge in [0.05, 0.1) is 24.8 Å². The Morgan fingerprint density at radius 2 is 1.62 bits per heavy atom. The molecule has 3 aromatic carbocycles. The van der Waals surface area contributed by atoms with E-state index >= 15 is 0 Å². The number of nitrogens with one attached hydrogen (secondary N) is 1. The van der Waals surface area contributed by atoms with Crippen molar-refractivity contribution in [2.75, 3.05) is 25.1 Å². The maximum absolute atomic E-state index is 14.4. The number of amides is 2. The van der Waals surface area contributed by atoms with Gasteiger partial charge in [0, 0.05) is 18.7 Å². The lowest BCUT2D eigenvalue weighted by Crippen LogP contribution is -2.54. The van der Waals surface area contributed by atoms with Crippen LogP contribution in [0.5, 0.6) is 11.5 Å². The number of aryl methyl sites for hydroxylation is 1. The molecule has 0 spiro atoms. The molecule has 1 unspecified atom stereocenters. The molecule has 1 aliphatic rings. The molecule has 1 saturated carbocycles. The van der Waals surface area contributed by atoms with E-state index in [1.807, 2.05) is 13.8 Å². The van der Waals surface area contributed by atoms with Gasteiger partial charge < -0.3 is 19.7 Å². The minimum absolute atomic E-state index is 0.0158. The third kappa shape index (κ3) is 8.33. The highest BCUT2D eigenvalue weighted by Crippen LogP contribution is 2.36. The zero-order valence-corrected chi connectivity index (χ0v) is 27.1. The molecule has 0 heterocycles. The number of nitrogens with zero attached hydrogens (tertiary/aromatic N) is 2. The summed E-state index contributed by atoms with van der Waals surface area (Å²) in [6, 6.07) is 15.8. The summed E-state index contributed by atoms with van der Waals surface area (Å²) in [5.41, 5.74) is 1.57. The molecule has 45 heavy (non-hydrogen) atoms. The van der Waals surface area contributed by atoms with Crippen molar-refractivity contribution in [3.8, 4) is 11.5 Å². The third-order valence-corrected chi connectivity index (χ3v) is 9.92. The fraction of sp³-hybridized carbons (Fsp3) is 0.412. The number of rotatable bonds is 13. The first-order chi connectivity index (χ1) is 21.6. The van der Waals surface area contributed by atoms with E-state index in [-0.39, 0.29) is 34.8 Å². The van der Waals surface area contributed by atoms with Crippen LogP contribution in [0, 0.1) is 12.7 Å². The molecule has 0 radical (unpaired) electrons. The summed E-state index contributed by atoms with van der Waals surface area (Å²) in [5.74, 6) is -0.758. The molecule has 3 aromatic rings. The standard InChI is InChI=1S/C34H42FN3O6S/c1-5-30(34(40)36-27-9-7-6-8-10-27)37(22-25-13-15-26(35)16-14-25)33(39)23-38(31-21-28(43-3)17-20-32(31)44-4)45(41,42)29-18-11-24(2)12-19-29/h11-21,27,30H,5-10,22-23H2,1-4H3,(H,36,40). The number of sulfonamides is 1. The summed E-state index contributed by atoms with van der Waals surface area (Å²) in [6.07, 6.45) is 5.19. The monoisotopic (exact) mass is 639 g/mol. The molecule has 1 N–H and O–H groups in total. The van der Waals surface area contributed by atoms with Gasteiger partial charge in [-0.25, -0.2) is 12.8 Å². The van der Waals surface area contributed by atoms with Crippen LogP contribution in [0.15, 0.2) is 71.6 Å². The lowest BCUT2D eigenvalue weighted by atomic mass is 9.95. The predicted molar refractivity (Wildman–Crippen MR) is 171 cm³/mol. The Kier molecular flexibility index (Phi) is 11.4. The molecule has 0 aliphatic heterocycles. The SMILES string of the molecule is CCC(C(=O)NC1CCCCC1)N(Cc1ccc(F)cc1)C(=O)CN(c1cc(OC)ccc1OC)S(=O)(=O)c1ccc(C)cc1. The van der Waals surface area contributed by atoms with Crippen molar-refractivity contribution in [3.63, 3.8) is 0 Å². The Balaban J connectivity index is 1.77. The van der Waals surface area contributed by atoms with E-state index in [0.717, 1.165) is 42.0 Å². The van der Waals surface area contributed by atoms with Gasteiger partial charge in [0.1, 0.15) is 29.9 Å². The lowest BCUT2D eigenvalue weighted by Gasteiger charge is -2.34. The number of benzene rings is 3. The maximum Gasteiger partial charge on any atom is 0.264 e. The van der Waals surface area contributed by atoms with Crippen molar-refractivity contribution >= 4 is 27.5 Å². The Labute approximate surface area is 265 Å². The van der Waals surface area contributed by atoms with Crippen LogP contribution in [0.4, 0.5) is 10.1 Å². The highest BCUT2D eigenvalue weighted by molar-refractivity contribution is 7.92. The second kappa shape index (κ2) is 15.2. The van der Waals surface area contributed by atoms with Crippen molar-refractivity contribution < 1.29 is 31.9 Å². The zero-order valence-electron chi connectivity index (χ0n) is 26.3. The highest BCUT2D eigenvalue weighted by atomic mass is 32.2. The second-order valence-corrected chi connectivity index (χ2v) is 13.1. The van der Waals surface area contributed by atoms with Gasteiger partial charge in [0.25, 0.3) is 10.0 Å². The quantitative estimate of drug-likeness (QED) is 0.261. The van der Waals surface area contributed by atoms with E-state index in [4.69, 9.17) is 9.47 Å². The normalized spacial score (nSPS) is 14.3. The maximum atomic E-state index is 14.4. The van der Waals surface area contributed by atoms with Crippen LogP contribution in [0.1, 0.15) is 56.6 Å². The number of anilines is 1. The van der Waals surface area contributed by atoms with Crippen LogP contribution in [0.3, 0.4) is 0 Å². The number of hydrogen-bond acceptors (Lipinski definition) is 6. The molecule has 1 fully saturated rings. The van der Waals surface area contributed by atoms with Crippen LogP contribution in [-0.2, 0) is 26.2 Å². The van der Waals surface area contributed by atoms with Gasteiger partial charge in [-0.2, -0.15) is 0 Å². The van der Waals surface area contributed by atoms with E-state index in [0.29, 0.717) is 17.7 Å². The minimum Gasteiger partial charge on any atom is -0.497 e. The van der Waals surface area contributed by atoms with Crippen molar-refractivity contribution in [1.29, 1.82) is 0 Å². The minimum atomic E-state index is -4.31. The third-order valence-electron chi connectivity index (χ3n) is 8.15. The Morgan fingerprint density at radius 3 is 2.22 bits per heavy atom. The Morgan fingerprint density at radius 1 is 0.956 bits per heavy atom. The molecule has 11 heteroatoms. The molecule has 1 aliphatic carbocycles. The lowest BCUT2D eigenvalue weighted by molar-refractivity contribution is -0.140. The molecule has 9 nitrogen and oxygen atoms in total. The van der Waals surface area contributed by atoms with Crippen molar-refractivity contribution in [2.45, 2.75) is 75.9 Å². The molecular formula is C34H42FN3O6S. The van der Waals surface area contributed by atoms with Gasteiger partial charge in [0.2, 0.25) is 11.8 Å². The van der Waals surface area contributed by atoms with E-state index in [1.165, 1.54) is 49.5 Å². The fourth-order valence-electron chi connectivity index (χ4n) is 5.59. The number of methoxy groups -OCH3 is 2. The van der Waals surface area contributed by atoms with Crippen molar-refractivity contribution in [3.05, 3.63) is 83.7 Å². The number of ether oxygens (including phenoxy) is 2. The molecule has 4 rings (SSSR count). The predicted octanol–water partition coefficient (Wildman–Crippen LogP) is 5.60. The first-order valence-corrected chi connectivity index (χ1v) is 16.7. The summed E-state index contributed by atoms with van der Waals surface area (Å²) in [7, 11) is -1.45. The van der Waals surface area contributed by atoms with Crippen LogP contribution in [-0.4, -0.2) is 58.0 Å². The number of carbonyl (C=O) groups excluding carboxylic acids is 2. The summed E-state index contributed by atoms with van der Waals surface area (Å²) >= 11 is 0. The number of hydrogen-bond donors (Lipinski definition) is 1. The molecule has 0 saturated heterocycles. The summed E-state index contributed by atoms with van der Waals surface area (Å²) in [4.78, 5) is 29.4. The Bertz CT molecular complexity index is 1560. The first kappa shape index (κ1) is 33.8. The average Bonchev–Trinajstić information content (AvgIpc) is 3.04.